The molecule has 0 aliphatic heterocycles. The number of primary sulfonamides is 1. The van der Waals surface area contributed by atoms with Gasteiger partial charge in [0.2, 0.25) is 10.0 Å². The third-order valence-electron chi connectivity index (χ3n) is 1.64. The summed E-state index contributed by atoms with van der Waals surface area (Å²) in [4.78, 5) is 0. The summed E-state index contributed by atoms with van der Waals surface area (Å²) in [5.74, 6) is -0.533. The van der Waals surface area contributed by atoms with Crippen molar-refractivity contribution in [2.75, 3.05) is 17.6 Å². The molecule has 0 aliphatic carbocycles. The first kappa shape index (κ1) is 12.4. The van der Waals surface area contributed by atoms with Gasteiger partial charge >= 0.3 is 0 Å². The van der Waals surface area contributed by atoms with Crippen molar-refractivity contribution in [2.24, 2.45) is 5.14 Å². The average molecular weight is 297 g/mol. The fourth-order valence-electron chi connectivity index (χ4n) is 0.944. The molecule has 84 valence electrons. The predicted octanol–water partition coefficient (Wildman–Crippen LogP) is 1.29. The highest BCUT2D eigenvalue weighted by molar-refractivity contribution is 9.10. The van der Waals surface area contributed by atoms with Crippen molar-refractivity contribution in [3.63, 3.8) is 0 Å². The van der Waals surface area contributed by atoms with Gasteiger partial charge in [-0.2, -0.15) is 0 Å². The molecule has 0 saturated heterocycles. The van der Waals surface area contributed by atoms with Gasteiger partial charge in [0, 0.05) is 12.2 Å². The molecule has 0 heterocycles. The molecule has 0 aromatic heterocycles. The van der Waals surface area contributed by atoms with Crippen LogP contribution < -0.4 is 10.5 Å². The molecular weight excluding hydrogens is 287 g/mol. The Balaban J connectivity index is 2.55. The molecule has 0 radical (unpaired) electrons. The first-order valence-electron chi connectivity index (χ1n) is 4.08. The molecule has 1 aromatic carbocycles. The topological polar surface area (TPSA) is 72.2 Å². The number of hydrogen-bond acceptors (Lipinski definition) is 3. The molecule has 0 bridgehead atoms. The highest BCUT2D eigenvalue weighted by Crippen LogP contribution is 2.19. The van der Waals surface area contributed by atoms with Crippen molar-refractivity contribution < 1.29 is 12.8 Å². The number of rotatable bonds is 4. The molecule has 0 atom stereocenters. The van der Waals surface area contributed by atoms with E-state index in [-0.39, 0.29) is 18.1 Å². The van der Waals surface area contributed by atoms with Crippen molar-refractivity contribution in [1.82, 2.24) is 0 Å². The quantitative estimate of drug-likeness (QED) is 0.879. The number of nitrogens with one attached hydrogen (secondary N) is 1. The lowest BCUT2D eigenvalue weighted by atomic mass is 10.3. The predicted molar refractivity (Wildman–Crippen MR) is 60.6 cm³/mol. The molecular formula is C8H10BrFN2O2S. The number of hydrogen-bond donors (Lipinski definition) is 2. The van der Waals surface area contributed by atoms with Crippen LogP contribution in [0.25, 0.3) is 0 Å². The molecule has 1 rings (SSSR count). The van der Waals surface area contributed by atoms with E-state index >= 15 is 0 Å². The normalized spacial score (nSPS) is 11.4. The molecule has 0 saturated carbocycles. The van der Waals surface area contributed by atoms with Gasteiger partial charge in [-0.05, 0) is 34.1 Å². The van der Waals surface area contributed by atoms with Crippen LogP contribution >= 0.6 is 15.9 Å². The van der Waals surface area contributed by atoms with Crippen molar-refractivity contribution in [3.05, 3.63) is 28.5 Å². The van der Waals surface area contributed by atoms with E-state index in [1.165, 1.54) is 18.2 Å². The Kier molecular flexibility index (Phi) is 4.06. The van der Waals surface area contributed by atoms with E-state index in [2.05, 4.69) is 21.2 Å². The fourth-order valence-corrected chi connectivity index (χ4v) is 1.71. The van der Waals surface area contributed by atoms with Crippen LogP contribution in [0.5, 0.6) is 0 Å². The zero-order valence-electron chi connectivity index (χ0n) is 7.70. The number of nitrogens with two attached hydrogens (primary N) is 1. The van der Waals surface area contributed by atoms with E-state index in [0.717, 1.165) is 0 Å². The van der Waals surface area contributed by atoms with Gasteiger partial charge < -0.3 is 5.32 Å². The maximum Gasteiger partial charge on any atom is 0.210 e. The van der Waals surface area contributed by atoms with Crippen LogP contribution in [0.3, 0.4) is 0 Å². The second kappa shape index (κ2) is 4.91. The lowest BCUT2D eigenvalue weighted by molar-refractivity contribution is 0.598. The maximum atomic E-state index is 12.8. The van der Waals surface area contributed by atoms with Crippen molar-refractivity contribution in [2.45, 2.75) is 0 Å². The van der Waals surface area contributed by atoms with Crippen LogP contribution in [0.2, 0.25) is 0 Å². The Labute approximate surface area is 95.8 Å². The van der Waals surface area contributed by atoms with E-state index in [0.29, 0.717) is 10.2 Å². The zero-order valence-corrected chi connectivity index (χ0v) is 10.1. The van der Waals surface area contributed by atoms with Crippen LogP contribution in [0.1, 0.15) is 0 Å². The van der Waals surface area contributed by atoms with E-state index in [4.69, 9.17) is 5.14 Å². The standard InChI is InChI=1S/C8H10BrFN2O2S/c9-7-5-6(1-2-8(7)10)12-3-4-15(11,13)14/h1-2,5,12H,3-4H2,(H2,11,13,14). The molecule has 0 spiro atoms. The first-order chi connectivity index (χ1) is 6.88. The van der Waals surface area contributed by atoms with Crippen LogP contribution in [0, 0.1) is 5.82 Å². The SMILES string of the molecule is NS(=O)(=O)CCNc1ccc(F)c(Br)c1. The monoisotopic (exact) mass is 296 g/mol. The van der Waals surface area contributed by atoms with E-state index in [9.17, 15) is 12.8 Å². The van der Waals surface area contributed by atoms with Gasteiger partial charge in [0.1, 0.15) is 5.82 Å². The summed E-state index contributed by atoms with van der Waals surface area (Å²) in [5, 5.41) is 7.63. The summed E-state index contributed by atoms with van der Waals surface area (Å²) in [5.41, 5.74) is 0.631. The van der Waals surface area contributed by atoms with Gasteiger partial charge in [-0.15, -0.1) is 0 Å². The summed E-state index contributed by atoms with van der Waals surface area (Å²) < 4.78 is 34.4. The van der Waals surface area contributed by atoms with Gasteiger partial charge in [-0.3, -0.25) is 0 Å². The van der Waals surface area contributed by atoms with Gasteiger partial charge in [0.25, 0.3) is 0 Å². The van der Waals surface area contributed by atoms with Crippen LogP contribution in [0.15, 0.2) is 22.7 Å². The Morgan fingerprint density at radius 3 is 2.67 bits per heavy atom. The minimum Gasteiger partial charge on any atom is -0.384 e. The van der Waals surface area contributed by atoms with Crippen LogP contribution in [0.4, 0.5) is 10.1 Å². The molecule has 15 heavy (non-hydrogen) atoms. The van der Waals surface area contributed by atoms with Crippen molar-refractivity contribution in [3.8, 4) is 0 Å². The molecule has 3 N–H and O–H groups in total. The van der Waals surface area contributed by atoms with E-state index < -0.39 is 10.0 Å². The minimum atomic E-state index is -3.46. The average Bonchev–Trinajstić information content (AvgIpc) is 2.09. The van der Waals surface area contributed by atoms with Gasteiger partial charge in [-0.1, -0.05) is 0 Å². The Hall–Kier alpha value is -0.660. The Bertz CT molecular complexity index is 450. The Morgan fingerprint density at radius 1 is 1.47 bits per heavy atom. The van der Waals surface area contributed by atoms with E-state index in [1.54, 1.807) is 0 Å². The molecule has 0 amide bonds. The third-order valence-corrected chi connectivity index (χ3v) is 3.02. The number of anilines is 1. The van der Waals surface area contributed by atoms with Crippen LogP contribution in [-0.2, 0) is 10.0 Å². The minimum absolute atomic E-state index is 0.165. The molecule has 4 nitrogen and oxygen atoms in total. The van der Waals surface area contributed by atoms with Crippen LogP contribution in [-0.4, -0.2) is 20.7 Å². The molecule has 0 unspecified atom stereocenters. The second-order valence-corrected chi connectivity index (χ2v) is 5.51. The largest absolute Gasteiger partial charge is 0.384 e. The molecule has 0 aliphatic rings. The lowest BCUT2D eigenvalue weighted by Crippen LogP contribution is -2.22. The maximum absolute atomic E-state index is 12.8. The second-order valence-electron chi connectivity index (χ2n) is 2.92. The van der Waals surface area contributed by atoms with E-state index in [1.807, 2.05) is 0 Å². The summed E-state index contributed by atoms with van der Waals surface area (Å²) in [7, 11) is -3.46. The summed E-state index contributed by atoms with van der Waals surface area (Å²) >= 11 is 3.02. The van der Waals surface area contributed by atoms with Gasteiger partial charge in [0.05, 0.1) is 10.2 Å². The number of sulfonamides is 1. The smallest absolute Gasteiger partial charge is 0.210 e. The molecule has 0 fully saturated rings. The third kappa shape index (κ3) is 4.59. The summed E-state index contributed by atoms with van der Waals surface area (Å²) in [6, 6.07) is 4.32. The first-order valence-corrected chi connectivity index (χ1v) is 6.59. The van der Waals surface area contributed by atoms with Crippen molar-refractivity contribution >= 4 is 31.6 Å². The molecule has 1 aromatic rings. The summed E-state index contributed by atoms with van der Waals surface area (Å²) in [6.07, 6.45) is 0. The fraction of sp³-hybridized carbons (Fsp3) is 0.250. The number of benzene rings is 1. The zero-order chi connectivity index (χ0) is 11.5. The number of halogens is 2. The molecule has 7 heteroatoms. The highest BCUT2D eigenvalue weighted by Gasteiger charge is 2.03. The lowest BCUT2D eigenvalue weighted by Gasteiger charge is -2.05. The summed E-state index contributed by atoms with van der Waals surface area (Å²) in [6.45, 7) is 0.191. The highest BCUT2D eigenvalue weighted by atomic mass is 79.9. The van der Waals surface area contributed by atoms with Gasteiger partial charge in [0.15, 0.2) is 0 Å². The van der Waals surface area contributed by atoms with Gasteiger partial charge in [-0.25, -0.2) is 17.9 Å². The van der Waals surface area contributed by atoms with Crippen molar-refractivity contribution in [1.29, 1.82) is 0 Å². The Morgan fingerprint density at radius 2 is 2.13 bits per heavy atom.